The maximum Gasteiger partial charge on any atom is 0.336 e. The van der Waals surface area contributed by atoms with Crippen molar-refractivity contribution in [3.63, 3.8) is 0 Å². The molecule has 1 aromatic rings. The first-order valence-corrected chi connectivity index (χ1v) is 8.19. The number of halogens is 2. The van der Waals surface area contributed by atoms with Crippen LogP contribution < -0.4 is 5.32 Å². The minimum Gasteiger partial charge on any atom is -0.478 e. The van der Waals surface area contributed by atoms with E-state index in [9.17, 15) is 19.1 Å². The molecule has 1 heterocycles. The lowest BCUT2D eigenvalue weighted by molar-refractivity contribution is -0.140. The molecule has 2 rings (SSSR count). The van der Waals surface area contributed by atoms with Crippen molar-refractivity contribution in [2.45, 2.75) is 19.8 Å². The van der Waals surface area contributed by atoms with Crippen molar-refractivity contribution >= 4 is 23.5 Å². The molecule has 0 spiro atoms. The summed E-state index contributed by atoms with van der Waals surface area (Å²) < 4.78 is 24.5. The van der Waals surface area contributed by atoms with Crippen molar-refractivity contribution in [1.82, 2.24) is 5.32 Å². The Morgan fingerprint density at radius 1 is 1.23 bits per heavy atom. The maximum atomic E-state index is 14.6. The van der Waals surface area contributed by atoms with Crippen molar-refractivity contribution < 1.29 is 28.6 Å². The smallest absolute Gasteiger partial charge is 0.336 e. The highest BCUT2D eigenvalue weighted by atomic mass is 35.5. The molecule has 0 bridgehead atoms. The van der Waals surface area contributed by atoms with E-state index in [1.807, 2.05) is 0 Å². The molecule has 0 saturated heterocycles. The number of esters is 1. The SMILES string of the molecule is COCCOC(=O)C1=C(C)NC(C)=C(C(=O)O)C1c1c(F)cccc1Cl. The van der Waals surface area contributed by atoms with Gasteiger partial charge in [0, 0.05) is 29.1 Å². The van der Waals surface area contributed by atoms with Crippen LogP contribution in [0, 0.1) is 5.82 Å². The van der Waals surface area contributed by atoms with Crippen molar-refractivity contribution in [2.75, 3.05) is 20.3 Å². The summed E-state index contributed by atoms with van der Waals surface area (Å²) >= 11 is 6.15. The molecule has 1 aromatic carbocycles. The summed E-state index contributed by atoms with van der Waals surface area (Å²) in [4.78, 5) is 24.5. The normalized spacial score (nSPS) is 17.2. The molecule has 8 heteroatoms. The standard InChI is InChI=1S/C18H19ClFNO5/c1-9-13(17(22)23)16(15-11(19)5-4-6-12(15)20)14(10(2)21-9)18(24)26-8-7-25-3/h4-6,16,21H,7-8H2,1-3H3,(H,22,23). The maximum absolute atomic E-state index is 14.6. The number of carbonyl (C=O) groups excluding carboxylic acids is 1. The van der Waals surface area contributed by atoms with Gasteiger partial charge >= 0.3 is 11.9 Å². The average molecular weight is 384 g/mol. The highest BCUT2D eigenvalue weighted by molar-refractivity contribution is 6.31. The lowest BCUT2D eigenvalue weighted by Crippen LogP contribution is -2.32. The second kappa shape index (κ2) is 8.33. The molecule has 6 nitrogen and oxygen atoms in total. The van der Waals surface area contributed by atoms with Gasteiger partial charge < -0.3 is 19.9 Å². The molecular weight excluding hydrogens is 365 g/mol. The fourth-order valence-electron chi connectivity index (χ4n) is 2.92. The third kappa shape index (κ3) is 3.89. The Kier molecular flexibility index (Phi) is 6.39. The van der Waals surface area contributed by atoms with Crippen LogP contribution in [-0.4, -0.2) is 37.4 Å². The summed E-state index contributed by atoms with van der Waals surface area (Å²) in [5.41, 5.74) is 0.426. The third-order valence-corrected chi connectivity index (χ3v) is 4.35. The van der Waals surface area contributed by atoms with E-state index < -0.39 is 23.7 Å². The van der Waals surface area contributed by atoms with Gasteiger partial charge in [0.1, 0.15) is 12.4 Å². The van der Waals surface area contributed by atoms with Crippen LogP contribution in [0.5, 0.6) is 0 Å². The molecule has 1 aliphatic rings. The molecule has 0 aliphatic carbocycles. The average Bonchev–Trinajstić information content (AvgIpc) is 2.54. The number of carboxylic acid groups (broad SMARTS) is 1. The fourth-order valence-corrected chi connectivity index (χ4v) is 3.19. The largest absolute Gasteiger partial charge is 0.478 e. The molecule has 0 fully saturated rings. The van der Waals surface area contributed by atoms with Crippen LogP contribution in [0.4, 0.5) is 4.39 Å². The Balaban J connectivity index is 2.62. The van der Waals surface area contributed by atoms with Gasteiger partial charge in [-0.3, -0.25) is 0 Å². The summed E-state index contributed by atoms with van der Waals surface area (Å²) in [6, 6.07) is 4.02. The second-order valence-corrected chi connectivity index (χ2v) is 6.11. The minimum atomic E-state index is -1.28. The van der Waals surface area contributed by atoms with E-state index in [0.717, 1.165) is 0 Å². The van der Waals surface area contributed by atoms with Crippen molar-refractivity contribution in [1.29, 1.82) is 0 Å². The molecule has 1 aliphatic heterocycles. The van der Waals surface area contributed by atoms with E-state index in [1.165, 1.54) is 25.3 Å². The molecule has 0 aromatic heterocycles. The lowest BCUT2D eigenvalue weighted by atomic mass is 9.80. The number of dihydropyridines is 1. The van der Waals surface area contributed by atoms with Crippen LogP contribution in [0.25, 0.3) is 0 Å². The number of nitrogens with one attached hydrogen (secondary N) is 1. The van der Waals surface area contributed by atoms with Gasteiger partial charge in [-0.25, -0.2) is 14.0 Å². The molecular formula is C18H19ClFNO5. The van der Waals surface area contributed by atoms with Gasteiger partial charge in [0.2, 0.25) is 0 Å². The van der Waals surface area contributed by atoms with Gasteiger partial charge in [-0.15, -0.1) is 0 Å². The summed E-state index contributed by atoms with van der Waals surface area (Å²) in [6.45, 7) is 3.30. The van der Waals surface area contributed by atoms with E-state index in [1.54, 1.807) is 13.8 Å². The number of hydrogen-bond acceptors (Lipinski definition) is 5. The summed E-state index contributed by atoms with van der Waals surface area (Å²) in [6.07, 6.45) is 0. The van der Waals surface area contributed by atoms with Crippen molar-refractivity contribution in [3.8, 4) is 0 Å². The number of hydrogen-bond donors (Lipinski definition) is 2. The highest BCUT2D eigenvalue weighted by Crippen LogP contribution is 2.42. The number of methoxy groups -OCH3 is 1. The molecule has 0 amide bonds. The van der Waals surface area contributed by atoms with Crippen LogP contribution in [0.2, 0.25) is 5.02 Å². The predicted octanol–water partition coefficient (Wildman–Crippen LogP) is 2.99. The number of rotatable bonds is 6. The Morgan fingerprint density at radius 3 is 2.46 bits per heavy atom. The number of aliphatic carboxylic acids is 1. The molecule has 140 valence electrons. The van der Waals surface area contributed by atoms with Crippen molar-refractivity contribution in [3.05, 3.63) is 57.1 Å². The quantitative estimate of drug-likeness (QED) is 0.580. The van der Waals surface area contributed by atoms with Gasteiger partial charge in [0.15, 0.2) is 0 Å². The molecule has 1 atom stereocenters. The molecule has 0 saturated carbocycles. The topological polar surface area (TPSA) is 84.9 Å². The summed E-state index contributed by atoms with van der Waals surface area (Å²) in [5.74, 6) is -3.94. The Hall–Kier alpha value is -2.38. The Labute approximate surface area is 155 Å². The number of carbonyl (C=O) groups is 2. The number of benzene rings is 1. The zero-order chi connectivity index (χ0) is 19.4. The molecule has 2 N–H and O–H groups in total. The van der Waals surface area contributed by atoms with Crippen LogP contribution in [0.15, 0.2) is 40.7 Å². The zero-order valence-electron chi connectivity index (χ0n) is 14.6. The van der Waals surface area contributed by atoms with E-state index in [-0.39, 0.29) is 34.9 Å². The monoisotopic (exact) mass is 383 g/mol. The van der Waals surface area contributed by atoms with Crippen LogP contribution in [0.1, 0.15) is 25.3 Å². The van der Waals surface area contributed by atoms with Gasteiger partial charge in [0.05, 0.1) is 23.7 Å². The van der Waals surface area contributed by atoms with Crippen LogP contribution >= 0.6 is 11.6 Å². The lowest BCUT2D eigenvalue weighted by Gasteiger charge is -2.30. The number of carboxylic acids is 1. The number of ether oxygens (including phenoxy) is 2. The first-order valence-electron chi connectivity index (χ1n) is 7.81. The summed E-state index contributed by atoms with van der Waals surface area (Å²) in [7, 11) is 1.46. The molecule has 1 unspecified atom stereocenters. The van der Waals surface area contributed by atoms with Crippen LogP contribution in [0.3, 0.4) is 0 Å². The Morgan fingerprint density at radius 2 is 1.88 bits per heavy atom. The third-order valence-electron chi connectivity index (χ3n) is 4.02. The van der Waals surface area contributed by atoms with E-state index >= 15 is 0 Å². The molecule has 26 heavy (non-hydrogen) atoms. The fraction of sp³-hybridized carbons (Fsp3) is 0.333. The second-order valence-electron chi connectivity index (χ2n) is 5.70. The van der Waals surface area contributed by atoms with Gasteiger partial charge in [-0.2, -0.15) is 0 Å². The minimum absolute atomic E-state index is 0.00361. The van der Waals surface area contributed by atoms with E-state index in [4.69, 9.17) is 21.1 Å². The van der Waals surface area contributed by atoms with E-state index in [2.05, 4.69) is 5.32 Å². The first-order chi connectivity index (χ1) is 12.3. The molecule has 0 radical (unpaired) electrons. The number of allylic oxidation sites excluding steroid dienone is 2. The van der Waals surface area contributed by atoms with Gasteiger partial charge in [0.25, 0.3) is 0 Å². The van der Waals surface area contributed by atoms with Crippen molar-refractivity contribution in [2.24, 2.45) is 0 Å². The highest BCUT2D eigenvalue weighted by Gasteiger charge is 2.39. The summed E-state index contributed by atoms with van der Waals surface area (Å²) in [5, 5.41) is 12.5. The Bertz CT molecular complexity index is 783. The van der Waals surface area contributed by atoms with Gasteiger partial charge in [-0.1, -0.05) is 17.7 Å². The predicted molar refractivity (Wildman–Crippen MR) is 93.2 cm³/mol. The van der Waals surface area contributed by atoms with Gasteiger partial charge in [-0.05, 0) is 26.0 Å². The first kappa shape index (κ1) is 19.9. The van der Waals surface area contributed by atoms with E-state index in [0.29, 0.717) is 11.4 Å². The zero-order valence-corrected chi connectivity index (χ0v) is 15.3. The van der Waals surface area contributed by atoms with Crippen LogP contribution in [-0.2, 0) is 19.1 Å².